The third-order valence-corrected chi connectivity index (χ3v) is 2.68. The molecule has 86 valence electrons. The molecule has 0 aliphatic carbocycles. The van der Waals surface area contributed by atoms with Gasteiger partial charge in [-0.1, -0.05) is 0 Å². The third kappa shape index (κ3) is 2.91. The second kappa shape index (κ2) is 5.10. The predicted octanol–water partition coefficient (Wildman–Crippen LogP) is 3.76. The number of hydrogen-bond acceptors (Lipinski definition) is 3. The molecule has 3 nitrogen and oxygen atoms in total. The molecule has 2 rings (SSSR count). The molecule has 0 saturated heterocycles. The summed E-state index contributed by atoms with van der Waals surface area (Å²) >= 11 is 3.33. The molecule has 0 bridgehead atoms. The van der Waals surface area contributed by atoms with E-state index in [0.29, 0.717) is 11.3 Å². The van der Waals surface area contributed by atoms with Crippen LogP contribution in [0.4, 0.5) is 0 Å². The maximum absolute atomic E-state index is 10.6. The zero-order valence-corrected chi connectivity index (χ0v) is 10.8. The van der Waals surface area contributed by atoms with Gasteiger partial charge in [-0.2, -0.15) is 0 Å². The third-order valence-electron chi connectivity index (χ3n) is 2.24. The average molecular weight is 292 g/mol. The zero-order valence-electron chi connectivity index (χ0n) is 9.18. The maximum atomic E-state index is 10.6. The topological polar surface area (TPSA) is 39.2 Å². The Labute approximate surface area is 108 Å². The van der Waals surface area contributed by atoms with Gasteiger partial charge in [-0.3, -0.25) is 9.78 Å². The first-order chi connectivity index (χ1) is 8.19. The highest BCUT2D eigenvalue weighted by Gasteiger charge is 2.03. The molecule has 2 aromatic rings. The molecule has 0 unspecified atom stereocenters. The predicted molar refractivity (Wildman–Crippen MR) is 68.6 cm³/mol. The summed E-state index contributed by atoms with van der Waals surface area (Å²) in [5, 5.41) is 0. The molecule has 1 aromatic carbocycles. The minimum Gasteiger partial charge on any atom is -0.455 e. The van der Waals surface area contributed by atoms with Crippen LogP contribution < -0.4 is 4.74 Å². The molecule has 0 atom stereocenters. The van der Waals surface area contributed by atoms with Crippen LogP contribution in [0.15, 0.2) is 41.1 Å². The summed E-state index contributed by atoms with van der Waals surface area (Å²) < 4.78 is 6.54. The molecule has 1 aromatic heterocycles. The largest absolute Gasteiger partial charge is 0.455 e. The van der Waals surface area contributed by atoms with E-state index in [1.807, 2.05) is 13.0 Å². The summed E-state index contributed by atoms with van der Waals surface area (Å²) in [6.45, 7) is 1.90. The summed E-state index contributed by atoms with van der Waals surface area (Å²) in [7, 11) is 0. The number of benzene rings is 1. The first kappa shape index (κ1) is 11.8. The van der Waals surface area contributed by atoms with Gasteiger partial charge >= 0.3 is 0 Å². The van der Waals surface area contributed by atoms with Crippen LogP contribution in [0.2, 0.25) is 0 Å². The number of aryl methyl sites for hydroxylation is 1. The van der Waals surface area contributed by atoms with Crippen LogP contribution in [0.25, 0.3) is 0 Å². The van der Waals surface area contributed by atoms with Crippen molar-refractivity contribution < 1.29 is 9.53 Å². The number of aldehydes is 1. The van der Waals surface area contributed by atoms with Crippen molar-refractivity contribution in [2.75, 3.05) is 0 Å². The standard InChI is InChI=1S/C13H10BrNO2/c1-9-4-10(8-16)2-3-13(9)17-12-5-11(14)6-15-7-12/h2-8H,1H3. The van der Waals surface area contributed by atoms with E-state index in [-0.39, 0.29) is 0 Å². The number of pyridine rings is 1. The number of carbonyl (C=O) groups is 1. The van der Waals surface area contributed by atoms with Crippen LogP contribution in [0.1, 0.15) is 15.9 Å². The van der Waals surface area contributed by atoms with Crippen molar-refractivity contribution in [2.45, 2.75) is 6.92 Å². The van der Waals surface area contributed by atoms with Crippen molar-refractivity contribution in [3.63, 3.8) is 0 Å². The van der Waals surface area contributed by atoms with E-state index in [4.69, 9.17) is 4.74 Å². The SMILES string of the molecule is Cc1cc(C=O)ccc1Oc1cncc(Br)c1. The Morgan fingerprint density at radius 1 is 1.29 bits per heavy atom. The molecule has 0 aliphatic rings. The van der Waals surface area contributed by atoms with Crippen molar-refractivity contribution in [3.05, 3.63) is 52.3 Å². The summed E-state index contributed by atoms with van der Waals surface area (Å²) in [5.74, 6) is 1.37. The number of hydrogen-bond donors (Lipinski definition) is 0. The molecule has 0 amide bonds. The van der Waals surface area contributed by atoms with E-state index in [1.54, 1.807) is 30.6 Å². The Morgan fingerprint density at radius 2 is 2.12 bits per heavy atom. The van der Waals surface area contributed by atoms with Crippen molar-refractivity contribution >= 4 is 22.2 Å². The smallest absolute Gasteiger partial charge is 0.150 e. The van der Waals surface area contributed by atoms with Gasteiger partial charge < -0.3 is 4.74 Å². The van der Waals surface area contributed by atoms with Crippen molar-refractivity contribution in [2.24, 2.45) is 0 Å². The molecule has 17 heavy (non-hydrogen) atoms. The Balaban J connectivity index is 2.27. The number of halogens is 1. The van der Waals surface area contributed by atoms with Gasteiger partial charge in [0.15, 0.2) is 0 Å². The van der Waals surface area contributed by atoms with Gasteiger partial charge in [-0.25, -0.2) is 0 Å². The lowest BCUT2D eigenvalue weighted by Gasteiger charge is -2.08. The van der Waals surface area contributed by atoms with Gasteiger partial charge in [0.1, 0.15) is 17.8 Å². The fourth-order valence-corrected chi connectivity index (χ4v) is 1.78. The molecule has 0 fully saturated rings. The lowest BCUT2D eigenvalue weighted by molar-refractivity contribution is 0.112. The summed E-state index contributed by atoms with van der Waals surface area (Å²) in [4.78, 5) is 14.6. The van der Waals surface area contributed by atoms with E-state index >= 15 is 0 Å². The Morgan fingerprint density at radius 3 is 2.76 bits per heavy atom. The van der Waals surface area contributed by atoms with Gasteiger partial charge in [-0.15, -0.1) is 0 Å². The van der Waals surface area contributed by atoms with Crippen LogP contribution in [0.3, 0.4) is 0 Å². The molecule has 0 radical (unpaired) electrons. The molecule has 0 saturated carbocycles. The fraction of sp³-hybridized carbons (Fsp3) is 0.0769. The second-order valence-corrected chi connectivity index (χ2v) is 4.50. The molecule has 4 heteroatoms. The first-order valence-electron chi connectivity index (χ1n) is 5.03. The molecule has 1 heterocycles. The number of rotatable bonds is 3. The van der Waals surface area contributed by atoms with E-state index in [1.165, 1.54) is 0 Å². The normalized spacial score (nSPS) is 10.0. The lowest BCUT2D eigenvalue weighted by atomic mass is 10.1. The van der Waals surface area contributed by atoms with Crippen LogP contribution in [-0.4, -0.2) is 11.3 Å². The van der Waals surface area contributed by atoms with Crippen molar-refractivity contribution in [1.29, 1.82) is 0 Å². The second-order valence-electron chi connectivity index (χ2n) is 3.58. The highest BCUT2D eigenvalue weighted by Crippen LogP contribution is 2.26. The fourth-order valence-electron chi connectivity index (χ4n) is 1.44. The molecular weight excluding hydrogens is 282 g/mol. The van der Waals surface area contributed by atoms with E-state index in [0.717, 1.165) is 22.1 Å². The van der Waals surface area contributed by atoms with Crippen LogP contribution in [0.5, 0.6) is 11.5 Å². The van der Waals surface area contributed by atoms with E-state index in [9.17, 15) is 4.79 Å². The van der Waals surface area contributed by atoms with Crippen LogP contribution in [-0.2, 0) is 0 Å². The van der Waals surface area contributed by atoms with Gasteiger partial charge in [0.2, 0.25) is 0 Å². The highest BCUT2D eigenvalue weighted by molar-refractivity contribution is 9.10. The van der Waals surface area contributed by atoms with Crippen molar-refractivity contribution in [1.82, 2.24) is 4.98 Å². The number of carbonyl (C=O) groups excluding carboxylic acids is 1. The van der Waals surface area contributed by atoms with Gasteiger partial charge in [-0.05, 0) is 52.7 Å². The lowest BCUT2D eigenvalue weighted by Crippen LogP contribution is -1.90. The Hall–Kier alpha value is -1.68. The number of ether oxygens (including phenoxy) is 1. The monoisotopic (exact) mass is 291 g/mol. The number of aromatic nitrogens is 1. The first-order valence-corrected chi connectivity index (χ1v) is 5.82. The average Bonchev–Trinajstić information content (AvgIpc) is 2.32. The van der Waals surface area contributed by atoms with E-state index in [2.05, 4.69) is 20.9 Å². The molecule has 0 spiro atoms. The minimum atomic E-state index is 0.641. The molecule has 0 N–H and O–H groups in total. The summed E-state index contributed by atoms with van der Waals surface area (Å²) in [5.41, 5.74) is 1.55. The highest BCUT2D eigenvalue weighted by atomic mass is 79.9. The Bertz CT molecular complexity index is 555. The van der Waals surface area contributed by atoms with Gasteiger partial charge in [0.25, 0.3) is 0 Å². The minimum absolute atomic E-state index is 0.641. The van der Waals surface area contributed by atoms with Crippen molar-refractivity contribution in [3.8, 4) is 11.5 Å². The quantitative estimate of drug-likeness (QED) is 0.809. The Kier molecular flexibility index (Phi) is 3.54. The van der Waals surface area contributed by atoms with Gasteiger partial charge in [0, 0.05) is 16.2 Å². The summed E-state index contributed by atoms with van der Waals surface area (Å²) in [6.07, 6.45) is 4.14. The van der Waals surface area contributed by atoms with Crippen LogP contribution >= 0.6 is 15.9 Å². The van der Waals surface area contributed by atoms with Crippen LogP contribution in [0, 0.1) is 6.92 Å². The van der Waals surface area contributed by atoms with E-state index < -0.39 is 0 Å². The zero-order chi connectivity index (χ0) is 12.3. The molecular formula is C13H10BrNO2. The summed E-state index contributed by atoms with van der Waals surface area (Å²) in [6, 6.07) is 7.12. The number of nitrogens with zero attached hydrogens (tertiary/aromatic N) is 1. The maximum Gasteiger partial charge on any atom is 0.150 e. The van der Waals surface area contributed by atoms with Gasteiger partial charge in [0.05, 0.1) is 6.20 Å². The molecule has 0 aliphatic heterocycles.